The molecule has 134 valence electrons. The maximum atomic E-state index is 13.3. The van der Waals surface area contributed by atoms with Crippen molar-refractivity contribution in [1.29, 1.82) is 0 Å². The molecule has 1 aliphatic rings. The summed E-state index contributed by atoms with van der Waals surface area (Å²) in [5, 5.41) is 1.13. The lowest BCUT2D eigenvalue weighted by molar-refractivity contribution is 0.0681. The normalized spacial score (nSPS) is 17.9. The minimum atomic E-state index is 0.115. The summed E-state index contributed by atoms with van der Waals surface area (Å²) in [6.45, 7) is 0.804. The summed E-state index contributed by atoms with van der Waals surface area (Å²) in [4.78, 5) is 18.6. The first kappa shape index (κ1) is 16.7. The molecule has 2 heterocycles. The van der Waals surface area contributed by atoms with Crippen LogP contribution in [0.15, 0.2) is 54.7 Å². The molecule has 1 aromatic heterocycles. The van der Waals surface area contributed by atoms with Gasteiger partial charge in [-0.1, -0.05) is 31.0 Å². The van der Waals surface area contributed by atoms with Crippen molar-refractivity contribution in [3.8, 4) is 5.75 Å². The van der Waals surface area contributed by atoms with Crippen molar-refractivity contribution in [1.82, 2.24) is 9.88 Å². The molecule has 4 heteroatoms. The Hall–Kier alpha value is -2.75. The maximum absolute atomic E-state index is 13.3. The number of nitrogens with one attached hydrogen (secondary N) is 1. The number of ether oxygens (including phenoxy) is 1. The predicted octanol–water partition coefficient (Wildman–Crippen LogP) is 4.93. The number of rotatable bonds is 3. The molecule has 0 aliphatic carbocycles. The molecule has 4 rings (SSSR count). The van der Waals surface area contributed by atoms with Crippen LogP contribution in [-0.4, -0.2) is 29.4 Å². The Balaban J connectivity index is 1.66. The highest BCUT2D eigenvalue weighted by molar-refractivity contribution is 5.98. The molecule has 0 unspecified atom stereocenters. The Morgan fingerprint density at radius 3 is 2.73 bits per heavy atom. The van der Waals surface area contributed by atoms with E-state index in [0.29, 0.717) is 0 Å². The summed E-state index contributed by atoms with van der Waals surface area (Å²) in [7, 11) is 1.67. The number of benzene rings is 2. The summed E-state index contributed by atoms with van der Waals surface area (Å²) >= 11 is 0. The van der Waals surface area contributed by atoms with E-state index in [1.807, 2.05) is 42.6 Å². The molecule has 1 atom stereocenters. The zero-order valence-corrected chi connectivity index (χ0v) is 15.1. The van der Waals surface area contributed by atoms with E-state index in [1.165, 1.54) is 12.0 Å². The van der Waals surface area contributed by atoms with E-state index < -0.39 is 0 Å². The van der Waals surface area contributed by atoms with E-state index in [1.54, 1.807) is 7.11 Å². The monoisotopic (exact) mass is 348 g/mol. The highest BCUT2D eigenvalue weighted by Gasteiger charge is 2.27. The van der Waals surface area contributed by atoms with E-state index >= 15 is 0 Å². The predicted molar refractivity (Wildman–Crippen MR) is 104 cm³/mol. The van der Waals surface area contributed by atoms with Gasteiger partial charge in [0.25, 0.3) is 5.91 Å². The third kappa shape index (κ3) is 3.19. The second-order valence-corrected chi connectivity index (χ2v) is 6.92. The summed E-state index contributed by atoms with van der Waals surface area (Å²) < 4.78 is 5.27. The van der Waals surface area contributed by atoms with Crippen molar-refractivity contribution < 1.29 is 9.53 Å². The molecule has 0 spiro atoms. The number of carbonyl (C=O) groups excluding carboxylic acids is 1. The number of methoxy groups -OCH3 is 1. The van der Waals surface area contributed by atoms with Crippen LogP contribution in [-0.2, 0) is 0 Å². The lowest BCUT2D eigenvalue weighted by atomic mass is 9.99. The van der Waals surface area contributed by atoms with Gasteiger partial charge >= 0.3 is 0 Å². The molecular formula is C22H24N2O2. The van der Waals surface area contributed by atoms with E-state index in [0.717, 1.165) is 48.0 Å². The van der Waals surface area contributed by atoms with E-state index in [2.05, 4.69) is 22.0 Å². The number of H-pyrrole nitrogens is 1. The van der Waals surface area contributed by atoms with Crippen LogP contribution in [0.1, 0.15) is 47.6 Å². The van der Waals surface area contributed by atoms with Crippen molar-refractivity contribution in [2.24, 2.45) is 0 Å². The van der Waals surface area contributed by atoms with Crippen LogP contribution in [0.3, 0.4) is 0 Å². The molecule has 3 aromatic rings. The summed E-state index contributed by atoms with van der Waals surface area (Å²) in [5.41, 5.74) is 2.94. The minimum Gasteiger partial charge on any atom is -0.497 e. The van der Waals surface area contributed by atoms with E-state index in [4.69, 9.17) is 4.74 Å². The van der Waals surface area contributed by atoms with Gasteiger partial charge in [-0.05, 0) is 54.1 Å². The first-order chi connectivity index (χ1) is 12.8. The number of fused-ring (bicyclic) bond motifs is 1. The van der Waals surface area contributed by atoms with Gasteiger partial charge in [-0.3, -0.25) is 4.79 Å². The van der Waals surface area contributed by atoms with Crippen molar-refractivity contribution >= 4 is 16.8 Å². The Morgan fingerprint density at radius 1 is 1.08 bits per heavy atom. The third-order valence-electron chi connectivity index (χ3n) is 5.32. The van der Waals surface area contributed by atoms with Gasteiger partial charge in [-0.25, -0.2) is 0 Å². The largest absolute Gasteiger partial charge is 0.497 e. The topological polar surface area (TPSA) is 45.3 Å². The minimum absolute atomic E-state index is 0.115. The maximum Gasteiger partial charge on any atom is 0.254 e. The smallest absolute Gasteiger partial charge is 0.254 e. The van der Waals surface area contributed by atoms with Gasteiger partial charge in [-0.2, -0.15) is 0 Å². The van der Waals surface area contributed by atoms with Crippen LogP contribution >= 0.6 is 0 Å². The fourth-order valence-electron chi connectivity index (χ4n) is 3.87. The third-order valence-corrected chi connectivity index (χ3v) is 5.32. The number of carbonyl (C=O) groups is 1. The fourth-order valence-corrected chi connectivity index (χ4v) is 3.87. The summed E-state index contributed by atoms with van der Waals surface area (Å²) in [5.74, 6) is 0.960. The lowest BCUT2D eigenvalue weighted by Crippen LogP contribution is -2.34. The summed E-state index contributed by atoms with van der Waals surface area (Å²) in [6.07, 6.45) is 6.29. The highest BCUT2D eigenvalue weighted by atomic mass is 16.5. The fraction of sp³-hybridized carbons (Fsp3) is 0.318. The Bertz CT molecular complexity index is 898. The number of aromatic nitrogens is 1. The second-order valence-electron chi connectivity index (χ2n) is 6.92. The summed E-state index contributed by atoms with van der Waals surface area (Å²) in [6, 6.07) is 16.2. The van der Waals surface area contributed by atoms with Crippen molar-refractivity contribution in [2.45, 2.75) is 31.7 Å². The molecule has 4 nitrogen and oxygen atoms in total. The number of hydrogen-bond donors (Lipinski definition) is 1. The van der Waals surface area contributed by atoms with Crippen LogP contribution in [0.2, 0.25) is 0 Å². The highest BCUT2D eigenvalue weighted by Crippen LogP contribution is 2.32. The quantitative estimate of drug-likeness (QED) is 0.729. The first-order valence-electron chi connectivity index (χ1n) is 9.28. The Morgan fingerprint density at radius 2 is 1.92 bits per heavy atom. The molecule has 26 heavy (non-hydrogen) atoms. The van der Waals surface area contributed by atoms with Gasteiger partial charge < -0.3 is 14.6 Å². The Labute approximate surface area is 153 Å². The van der Waals surface area contributed by atoms with Gasteiger partial charge in [0.05, 0.1) is 13.2 Å². The molecular weight excluding hydrogens is 324 g/mol. The Kier molecular flexibility index (Phi) is 4.65. The number of amides is 1. The zero-order chi connectivity index (χ0) is 17.9. The number of likely N-dealkylation sites (tertiary alicyclic amines) is 1. The molecule has 1 saturated heterocycles. The van der Waals surface area contributed by atoms with Crippen LogP contribution < -0.4 is 4.74 Å². The van der Waals surface area contributed by atoms with E-state index in [9.17, 15) is 4.79 Å². The first-order valence-corrected chi connectivity index (χ1v) is 9.28. The second kappa shape index (κ2) is 7.24. The molecule has 1 amide bonds. The lowest BCUT2D eigenvalue weighted by Gasteiger charge is -2.30. The average Bonchev–Trinajstić information content (AvgIpc) is 3.02. The van der Waals surface area contributed by atoms with E-state index in [-0.39, 0.29) is 11.9 Å². The molecule has 1 N–H and O–H groups in total. The molecule has 1 aliphatic heterocycles. The molecule has 1 fully saturated rings. The van der Waals surface area contributed by atoms with Gasteiger partial charge in [0, 0.05) is 23.8 Å². The molecule has 0 radical (unpaired) electrons. The van der Waals surface area contributed by atoms with Crippen LogP contribution in [0.4, 0.5) is 0 Å². The average molecular weight is 348 g/mol. The van der Waals surface area contributed by atoms with Gasteiger partial charge in [0.2, 0.25) is 0 Å². The molecule has 2 aromatic carbocycles. The number of hydrogen-bond acceptors (Lipinski definition) is 2. The van der Waals surface area contributed by atoms with Crippen molar-refractivity contribution in [3.05, 3.63) is 65.9 Å². The zero-order valence-electron chi connectivity index (χ0n) is 15.1. The number of aromatic amines is 1. The van der Waals surface area contributed by atoms with Crippen LogP contribution in [0.25, 0.3) is 10.9 Å². The van der Waals surface area contributed by atoms with Crippen LogP contribution in [0.5, 0.6) is 5.75 Å². The standard InChI is InChI=1S/C22H24N2O2/c1-26-19-10-8-17(9-11-19)21-5-3-2-4-14-24(21)22(25)18-7-6-16-12-13-23-20(16)15-18/h6-13,15,21,23H,2-5,14H2,1H3/t21-/m0/s1. The van der Waals surface area contributed by atoms with Gasteiger partial charge in [0.15, 0.2) is 0 Å². The van der Waals surface area contributed by atoms with Gasteiger partial charge in [0.1, 0.15) is 5.75 Å². The SMILES string of the molecule is COc1ccc([C@@H]2CCCCCN2C(=O)c2ccc3cc[nH]c3c2)cc1. The molecule has 0 saturated carbocycles. The van der Waals surface area contributed by atoms with Crippen LogP contribution in [0, 0.1) is 0 Å². The van der Waals surface area contributed by atoms with Crippen molar-refractivity contribution in [3.63, 3.8) is 0 Å². The molecule has 0 bridgehead atoms. The number of nitrogens with zero attached hydrogens (tertiary/aromatic N) is 1. The van der Waals surface area contributed by atoms with Crippen molar-refractivity contribution in [2.75, 3.05) is 13.7 Å². The van der Waals surface area contributed by atoms with Gasteiger partial charge in [-0.15, -0.1) is 0 Å².